The van der Waals surface area contributed by atoms with Crippen LogP contribution in [0.15, 0.2) is 53.0 Å². The highest BCUT2D eigenvalue weighted by Crippen LogP contribution is 2.14. The Labute approximate surface area is 149 Å². The van der Waals surface area contributed by atoms with Gasteiger partial charge in [0, 0.05) is 18.1 Å². The highest BCUT2D eigenvalue weighted by atomic mass is 79.9. The molecule has 0 N–H and O–H groups in total. The number of benzene rings is 2. The molecular weight excluding hydrogens is 374 g/mol. The van der Waals surface area contributed by atoms with E-state index in [-0.39, 0.29) is 12.5 Å². The summed E-state index contributed by atoms with van der Waals surface area (Å²) in [5.74, 6) is -0.0186. The van der Waals surface area contributed by atoms with Crippen molar-refractivity contribution in [3.63, 3.8) is 0 Å². The molecule has 0 bridgehead atoms. The Morgan fingerprint density at radius 2 is 1.67 bits per heavy atom. The summed E-state index contributed by atoms with van der Waals surface area (Å²) in [4.78, 5) is 25.1. The molecule has 1 amide bonds. The molecule has 0 unspecified atom stereocenters. The highest BCUT2D eigenvalue weighted by molar-refractivity contribution is 9.10. The molecule has 0 aromatic heterocycles. The van der Waals surface area contributed by atoms with E-state index in [0.29, 0.717) is 17.9 Å². The second-order valence-electron chi connectivity index (χ2n) is 5.18. The molecule has 0 saturated heterocycles. The van der Waals surface area contributed by atoms with E-state index in [2.05, 4.69) is 20.7 Å². The molecule has 0 fully saturated rings. The van der Waals surface area contributed by atoms with E-state index in [0.717, 1.165) is 10.0 Å². The summed E-state index contributed by atoms with van der Waals surface area (Å²) >= 11 is 3.38. The fourth-order valence-electron chi connectivity index (χ4n) is 2.01. The third-order valence-electron chi connectivity index (χ3n) is 3.40. The van der Waals surface area contributed by atoms with Crippen LogP contribution in [0.5, 0.6) is 5.75 Å². The minimum Gasteiger partial charge on any atom is -0.484 e. The molecule has 5 nitrogen and oxygen atoms in total. The summed E-state index contributed by atoms with van der Waals surface area (Å²) in [7, 11) is 3.06. The first-order valence-corrected chi connectivity index (χ1v) is 8.08. The summed E-state index contributed by atoms with van der Waals surface area (Å²) in [6.45, 7) is 0.446. The first kappa shape index (κ1) is 18.0. The van der Waals surface area contributed by atoms with Crippen LogP contribution < -0.4 is 4.74 Å². The quantitative estimate of drug-likeness (QED) is 0.709. The zero-order chi connectivity index (χ0) is 17.5. The van der Waals surface area contributed by atoms with Crippen molar-refractivity contribution in [1.29, 1.82) is 0 Å². The van der Waals surface area contributed by atoms with Crippen LogP contribution in [0.3, 0.4) is 0 Å². The first-order chi connectivity index (χ1) is 11.5. The summed E-state index contributed by atoms with van der Waals surface area (Å²) in [6.07, 6.45) is 0. The Morgan fingerprint density at radius 3 is 2.25 bits per heavy atom. The topological polar surface area (TPSA) is 55.8 Å². The predicted octanol–water partition coefficient (Wildman–Crippen LogP) is 3.27. The second kappa shape index (κ2) is 8.49. The minimum absolute atomic E-state index is 0.0649. The van der Waals surface area contributed by atoms with Gasteiger partial charge in [-0.1, -0.05) is 28.1 Å². The van der Waals surface area contributed by atoms with Gasteiger partial charge in [-0.3, -0.25) is 4.79 Å². The molecule has 2 aromatic carbocycles. The number of methoxy groups -OCH3 is 1. The monoisotopic (exact) mass is 391 g/mol. The molecule has 0 aliphatic carbocycles. The molecule has 0 saturated carbocycles. The standard InChI is InChI=1S/C18H18BrNO4/c1-20(11-13-3-7-15(19)8-4-13)17(21)12-24-16-9-5-14(6-10-16)18(22)23-2/h3-10H,11-12H2,1-2H3. The number of hydrogen-bond acceptors (Lipinski definition) is 4. The van der Waals surface area contributed by atoms with E-state index < -0.39 is 5.97 Å². The van der Waals surface area contributed by atoms with Crippen LogP contribution in [0.2, 0.25) is 0 Å². The molecule has 2 aromatic rings. The Balaban J connectivity index is 1.85. The number of hydrogen-bond donors (Lipinski definition) is 0. The van der Waals surface area contributed by atoms with E-state index in [4.69, 9.17) is 4.74 Å². The summed E-state index contributed by atoms with van der Waals surface area (Å²) in [5, 5.41) is 0. The van der Waals surface area contributed by atoms with Crippen molar-refractivity contribution in [1.82, 2.24) is 4.90 Å². The van der Waals surface area contributed by atoms with Gasteiger partial charge in [-0.2, -0.15) is 0 Å². The van der Waals surface area contributed by atoms with Crippen LogP contribution in [-0.2, 0) is 16.1 Å². The maximum Gasteiger partial charge on any atom is 0.337 e. The minimum atomic E-state index is -0.410. The van der Waals surface area contributed by atoms with Crippen molar-refractivity contribution in [2.45, 2.75) is 6.54 Å². The van der Waals surface area contributed by atoms with E-state index in [1.165, 1.54) is 7.11 Å². The predicted molar refractivity (Wildman–Crippen MR) is 93.9 cm³/mol. The maximum absolute atomic E-state index is 12.1. The molecule has 0 aliphatic rings. The van der Waals surface area contributed by atoms with E-state index >= 15 is 0 Å². The molecule has 0 aliphatic heterocycles. The third-order valence-corrected chi connectivity index (χ3v) is 3.93. The van der Waals surface area contributed by atoms with Crippen molar-refractivity contribution in [2.75, 3.05) is 20.8 Å². The van der Waals surface area contributed by atoms with Crippen molar-refractivity contribution in [2.24, 2.45) is 0 Å². The average Bonchev–Trinajstić information content (AvgIpc) is 2.61. The number of carbonyl (C=O) groups is 2. The lowest BCUT2D eigenvalue weighted by Crippen LogP contribution is -2.30. The smallest absolute Gasteiger partial charge is 0.337 e. The number of likely N-dealkylation sites (N-methyl/N-ethyl adjacent to an activating group) is 1. The van der Waals surface area contributed by atoms with Crippen molar-refractivity contribution in [3.8, 4) is 5.75 Å². The Bertz CT molecular complexity index is 698. The van der Waals surface area contributed by atoms with Crippen LogP contribution in [0, 0.1) is 0 Å². The average molecular weight is 392 g/mol. The molecule has 2 rings (SSSR count). The molecule has 0 heterocycles. The lowest BCUT2D eigenvalue weighted by Gasteiger charge is -2.17. The van der Waals surface area contributed by atoms with E-state index in [9.17, 15) is 9.59 Å². The number of rotatable bonds is 6. The zero-order valence-electron chi connectivity index (χ0n) is 13.5. The number of halogens is 1. The Kier molecular flexibility index (Phi) is 6.37. The highest BCUT2D eigenvalue weighted by Gasteiger charge is 2.11. The van der Waals surface area contributed by atoms with Crippen molar-refractivity contribution >= 4 is 27.8 Å². The molecule has 24 heavy (non-hydrogen) atoms. The van der Waals surface area contributed by atoms with Crippen LogP contribution in [0.1, 0.15) is 15.9 Å². The van der Waals surface area contributed by atoms with Gasteiger partial charge in [-0.15, -0.1) is 0 Å². The third kappa shape index (κ3) is 5.09. The van der Waals surface area contributed by atoms with Gasteiger partial charge in [0.15, 0.2) is 6.61 Å². The lowest BCUT2D eigenvalue weighted by molar-refractivity contribution is -0.132. The van der Waals surface area contributed by atoms with Crippen molar-refractivity contribution in [3.05, 3.63) is 64.1 Å². The number of nitrogens with zero attached hydrogens (tertiary/aromatic N) is 1. The van der Waals surface area contributed by atoms with Crippen LogP contribution in [0.25, 0.3) is 0 Å². The second-order valence-corrected chi connectivity index (χ2v) is 6.10. The van der Waals surface area contributed by atoms with Crippen LogP contribution >= 0.6 is 15.9 Å². The molecular formula is C18H18BrNO4. The SMILES string of the molecule is COC(=O)c1ccc(OCC(=O)N(C)Cc2ccc(Br)cc2)cc1. The fraction of sp³-hybridized carbons (Fsp3) is 0.222. The molecule has 0 radical (unpaired) electrons. The zero-order valence-corrected chi connectivity index (χ0v) is 15.1. The number of esters is 1. The fourth-order valence-corrected chi connectivity index (χ4v) is 2.28. The van der Waals surface area contributed by atoms with Crippen LogP contribution in [-0.4, -0.2) is 37.5 Å². The largest absolute Gasteiger partial charge is 0.484 e. The maximum atomic E-state index is 12.1. The normalized spacial score (nSPS) is 10.1. The Morgan fingerprint density at radius 1 is 1.04 bits per heavy atom. The van der Waals surface area contributed by atoms with Gasteiger partial charge in [0.2, 0.25) is 0 Å². The number of ether oxygens (including phenoxy) is 2. The molecule has 6 heteroatoms. The molecule has 126 valence electrons. The number of carbonyl (C=O) groups excluding carboxylic acids is 2. The first-order valence-electron chi connectivity index (χ1n) is 7.29. The van der Waals surface area contributed by atoms with Gasteiger partial charge in [0.1, 0.15) is 5.75 Å². The van der Waals surface area contributed by atoms with E-state index in [1.54, 1.807) is 36.2 Å². The summed E-state index contributed by atoms with van der Waals surface area (Å²) in [6, 6.07) is 14.2. The van der Waals surface area contributed by atoms with Gasteiger partial charge >= 0.3 is 5.97 Å². The Hall–Kier alpha value is -2.34. The summed E-state index contributed by atoms with van der Waals surface area (Å²) in [5.41, 5.74) is 1.47. The van der Waals surface area contributed by atoms with Gasteiger partial charge in [-0.05, 0) is 42.0 Å². The van der Waals surface area contributed by atoms with E-state index in [1.807, 2.05) is 24.3 Å². The van der Waals surface area contributed by atoms with Gasteiger partial charge in [0.05, 0.1) is 12.7 Å². The van der Waals surface area contributed by atoms with Gasteiger partial charge in [0.25, 0.3) is 5.91 Å². The van der Waals surface area contributed by atoms with Gasteiger partial charge in [-0.25, -0.2) is 4.79 Å². The van der Waals surface area contributed by atoms with Gasteiger partial charge < -0.3 is 14.4 Å². The van der Waals surface area contributed by atoms with Crippen LogP contribution in [0.4, 0.5) is 0 Å². The molecule has 0 spiro atoms. The molecule has 0 atom stereocenters. The lowest BCUT2D eigenvalue weighted by atomic mass is 10.2. The number of amides is 1. The summed E-state index contributed by atoms with van der Waals surface area (Å²) < 4.78 is 11.1. The van der Waals surface area contributed by atoms with Crippen molar-refractivity contribution < 1.29 is 19.1 Å².